The first kappa shape index (κ1) is 27.7. The predicted molar refractivity (Wildman–Crippen MR) is 130 cm³/mol. The van der Waals surface area contributed by atoms with Gasteiger partial charge in [0.05, 0.1) is 6.04 Å². The third-order valence-corrected chi connectivity index (χ3v) is 6.82. The molecule has 0 aliphatic carbocycles. The second-order valence-electron chi connectivity index (χ2n) is 8.62. The van der Waals surface area contributed by atoms with Crippen LogP contribution in [0.1, 0.15) is 44.9 Å². The van der Waals surface area contributed by atoms with E-state index in [4.69, 9.17) is 17.2 Å². The highest BCUT2D eigenvalue weighted by Crippen LogP contribution is 2.26. The molecule has 0 radical (unpaired) electrons. The quantitative estimate of drug-likeness (QED) is 0.123. The number of nitrogens with one attached hydrogen (secondary N) is 1. The molecule has 2 aliphatic rings. The van der Waals surface area contributed by atoms with Crippen molar-refractivity contribution < 1.29 is 24.3 Å². The molecule has 2 fully saturated rings. The maximum atomic E-state index is 13.4. The minimum absolute atomic E-state index is 0.0286. The standard InChI is InChI=1S/C21H37N7O5S/c1-34-12-8-14(26-17(29)13(22)5-2-9-25-21(23)24)18(30)27-10-3-6-15(27)19(31)28-11-4-7-16(28)20(32)33/h13-16H,2-12,22H2,1H3,(H,26,29)(H,32,33)(H4,23,24,25). The summed E-state index contributed by atoms with van der Waals surface area (Å²) in [6.45, 7) is 1.11. The van der Waals surface area contributed by atoms with Gasteiger partial charge < -0.3 is 37.4 Å². The van der Waals surface area contributed by atoms with Crippen molar-refractivity contribution in [3.05, 3.63) is 0 Å². The Kier molecular flexibility index (Phi) is 10.9. The number of amides is 3. The van der Waals surface area contributed by atoms with Crippen LogP contribution in [0.4, 0.5) is 0 Å². The molecule has 13 heteroatoms. The number of carboxylic acids is 1. The van der Waals surface area contributed by atoms with Crippen LogP contribution in [0, 0.1) is 0 Å². The number of aliphatic carboxylic acids is 1. The van der Waals surface area contributed by atoms with E-state index >= 15 is 0 Å². The summed E-state index contributed by atoms with van der Waals surface area (Å²) in [5.41, 5.74) is 16.6. The predicted octanol–water partition coefficient (Wildman–Crippen LogP) is -1.33. The molecular formula is C21H37N7O5S. The van der Waals surface area contributed by atoms with Crippen molar-refractivity contribution in [1.82, 2.24) is 15.1 Å². The lowest BCUT2D eigenvalue weighted by atomic mass is 10.1. The number of aliphatic imine (C=N–C) groups is 1. The zero-order valence-corrected chi connectivity index (χ0v) is 20.5. The van der Waals surface area contributed by atoms with Crippen LogP contribution in [-0.2, 0) is 19.2 Å². The van der Waals surface area contributed by atoms with E-state index in [1.807, 2.05) is 6.26 Å². The Bertz CT molecular complexity index is 777. The topological polar surface area (TPSA) is 197 Å². The average Bonchev–Trinajstić information content (AvgIpc) is 3.48. The highest BCUT2D eigenvalue weighted by atomic mass is 32.2. The van der Waals surface area contributed by atoms with Gasteiger partial charge in [-0.15, -0.1) is 0 Å². The number of carbonyl (C=O) groups excluding carboxylic acids is 3. The number of hydrogen-bond donors (Lipinski definition) is 5. The first-order chi connectivity index (χ1) is 16.2. The second kappa shape index (κ2) is 13.4. The third-order valence-electron chi connectivity index (χ3n) is 6.17. The molecule has 2 heterocycles. The molecule has 0 aromatic rings. The van der Waals surface area contributed by atoms with Crippen LogP contribution >= 0.6 is 11.8 Å². The molecular weight excluding hydrogens is 462 g/mol. The monoisotopic (exact) mass is 499 g/mol. The fourth-order valence-corrected chi connectivity index (χ4v) is 4.86. The zero-order valence-electron chi connectivity index (χ0n) is 19.6. The molecule has 0 aromatic carbocycles. The first-order valence-corrected chi connectivity index (χ1v) is 13.0. The van der Waals surface area contributed by atoms with Crippen LogP contribution in [0.5, 0.6) is 0 Å². The molecule has 4 unspecified atom stereocenters. The molecule has 0 aromatic heterocycles. The van der Waals surface area contributed by atoms with E-state index in [0.29, 0.717) is 70.3 Å². The van der Waals surface area contributed by atoms with Gasteiger partial charge in [-0.1, -0.05) is 0 Å². The Morgan fingerprint density at radius 1 is 1.09 bits per heavy atom. The van der Waals surface area contributed by atoms with E-state index in [1.54, 1.807) is 11.8 Å². The molecule has 0 saturated carbocycles. The lowest BCUT2D eigenvalue weighted by molar-refractivity contribution is -0.152. The van der Waals surface area contributed by atoms with Crippen LogP contribution in [-0.4, -0.2) is 100 Å². The van der Waals surface area contributed by atoms with Gasteiger partial charge >= 0.3 is 5.97 Å². The normalized spacial score (nSPS) is 21.7. The smallest absolute Gasteiger partial charge is 0.326 e. The Balaban J connectivity index is 2.04. The van der Waals surface area contributed by atoms with Gasteiger partial charge in [0.15, 0.2) is 5.96 Å². The van der Waals surface area contributed by atoms with Gasteiger partial charge in [-0.05, 0) is 57.0 Å². The number of carbonyl (C=O) groups is 4. The average molecular weight is 500 g/mol. The van der Waals surface area contributed by atoms with Gasteiger partial charge in [0.2, 0.25) is 17.7 Å². The van der Waals surface area contributed by atoms with E-state index in [-0.39, 0.29) is 17.8 Å². The molecule has 0 bridgehead atoms. The summed E-state index contributed by atoms with van der Waals surface area (Å²) < 4.78 is 0. The van der Waals surface area contributed by atoms with E-state index in [2.05, 4.69) is 10.3 Å². The molecule has 3 amide bonds. The summed E-state index contributed by atoms with van der Waals surface area (Å²) >= 11 is 1.54. The van der Waals surface area contributed by atoms with Crippen LogP contribution in [0.3, 0.4) is 0 Å². The van der Waals surface area contributed by atoms with Crippen LogP contribution in [0.25, 0.3) is 0 Å². The van der Waals surface area contributed by atoms with Crippen molar-refractivity contribution in [2.75, 3.05) is 31.6 Å². The van der Waals surface area contributed by atoms with Crippen LogP contribution in [0.15, 0.2) is 4.99 Å². The van der Waals surface area contributed by atoms with E-state index in [1.165, 1.54) is 9.80 Å². The Labute approximate surface area is 204 Å². The lowest BCUT2D eigenvalue weighted by Crippen LogP contribution is -2.57. The van der Waals surface area contributed by atoms with Crippen molar-refractivity contribution in [2.24, 2.45) is 22.2 Å². The largest absolute Gasteiger partial charge is 0.480 e. The zero-order chi connectivity index (χ0) is 25.3. The summed E-state index contributed by atoms with van der Waals surface area (Å²) in [4.78, 5) is 57.5. The minimum atomic E-state index is -1.03. The summed E-state index contributed by atoms with van der Waals surface area (Å²) in [6.07, 6.45) is 5.31. The molecule has 192 valence electrons. The molecule has 4 atom stereocenters. The number of rotatable bonds is 12. The SMILES string of the molecule is CSCCC(NC(=O)C(N)CCCN=C(N)N)C(=O)N1CCCC1C(=O)N1CCCC1C(=O)O. The van der Waals surface area contributed by atoms with Crippen molar-refractivity contribution >= 4 is 41.4 Å². The van der Waals surface area contributed by atoms with Crippen molar-refractivity contribution in [1.29, 1.82) is 0 Å². The lowest BCUT2D eigenvalue weighted by Gasteiger charge is -2.32. The number of guanidine groups is 1. The Morgan fingerprint density at radius 3 is 2.35 bits per heavy atom. The summed E-state index contributed by atoms with van der Waals surface area (Å²) in [5, 5.41) is 12.2. The van der Waals surface area contributed by atoms with Gasteiger partial charge in [-0.3, -0.25) is 19.4 Å². The molecule has 0 spiro atoms. The van der Waals surface area contributed by atoms with Gasteiger partial charge in [-0.25, -0.2) is 4.79 Å². The Morgan fingerprint density at radius 2 is 1.74 bits per heavy atom. The van der Waals surface area contributed by atoms with Crippen LogP contribution in [0.2, 0.25) is 0 Å². The molecule has 34 heavy (non-hydrogen) atoms. The minimum Gasteiger partial charge on any atom is -0.480 e. The van der Waals surface area contributed by atoms with Crippen molar-refractivity contribution in [2.45, 2.75) is 69.1 Å². The van der Waals surface area contributed by atoms with Crippen LogP contribution < -0.4 is 22.5 Å². The van der Waals surface area contributed by atoms with Gasteiger partial charge in [0.25, 0.3) is 0 Å². The molecule has 8 N–H and O–H groups in total. The van der Waals surface area contributed by atoms with Gasteiger partial charge in [0, 0.05) is 19.6 Å². The number of nitrogens with zero attached hydrogens (tertiary/aromatic N) is 3. The number of thioether (sulfide) groups is 1. The maximum absolute atomic E-state index is 13.4. The molecule has 12 nitrogen and oxygen atoms in total. The summed E-state index contributed by atoms with van der Waals surface area (Å²) in [6, 6.07) is -3.20. The first-order valence-electron chi connectivity index (χ1n) is 11.6. The fraction of sp³-hybridized carbons (Fsp3) is 0.762. The van der Waals surface area contributed by atoms with Gasteiger partial charge in [-0.2, -0.15) is 11.8 Å². The van der Waals surface area contributed by atoms with E-state index < -0.39 is 36.0 Å². The highest BCUT2D eigenvalue weighted by molar-refractivity contribution is 7.98. The van der Waals surface area contributed by atoms with Crippen molar-refractivity contribution in [3.63, 3.8) is 0 Å². The summed E-state index contributed by atoms with van der Waals surface area (Å²) in [5.74, 6) is -1.54. The number of hydrogen-bond acceptors (Lipinski definition) is 7. The van der Waals surface area contributed by atoms with Gasteiger partial charge in [0.1, 0.15) is 18.1 Å². The maximum Gasteiger partial charge on any atom is 0.326 e. The molecule has 2 rings (SSSR count). The summed E-state index contributed by atoms with van der Waals surface area (Å²) in [7, 11) is 0. The molecule has 2 saturated heterocycles. The second-order valence-corrected chi connectivity index (χ2v) is 9.60. The van der Waals surface area contributed by atoms with E-state index in [9.17, 15) is 24.3 Å². The third kappa shape index (κ3) is 7.49. The van der Waals surface area contributed by atoms with E-state index in [0.717, 1.165) is 0 Å². The molecule has 2 aliphatic heterocycles. The fourth-order valence-electron chi connectivity index (χ4n) is 4.39. The number of likely N-dealkylation sites (tertiary alicyclic amines) is 2. The van der Waals surface area contributed by atoms with Crippen molar-refractivity contribution in [3.8, 4) is 0 Å². The number of carboxylic acid groups (broad SMARTS) is 1. The highest BCUT2D eigenvalue weighted by Gasteiger charge is 2.43. The number of nitrogens with two attached hydrogens (primary N) is 3. The Hall–Kier alpha value is -2.54.